The molecule has 0 saturated heterocycles. The van der Waals surface area contributed by atoms with E-state index in [1.165, 1.54) is 28.8 Å². The van der Waals surface area contributed by atoms with E-state index in [1.807, 2.05) is 30.3 Å². The number of azo groups is 1. The van der Waals surface area contributed by atoms with Gasteiger partial charge in [0.05, 0.1) is 6.54 Å². The predicted molar refractivity (Wildman–Crippen MR) is 113 cm³/mol. The molecule has 0 radical (unpaired) electrons. The van der Waals surface area contributed by atoms with Gasteiger partial charge in [-0.2, -0.15) is 0 Å². The van der Waals surface area contributed by atoms with Crippen molar-refractivity contribution >= 4 is 38.5 Å². The molecule has 0 fully saturated rings. The van der Waals surface area contributed by atoms with Crippen LogP contribution in [0.25, 0.3) is 10.8 Å². The minimum absolute atomic E-state index is 0.112. The molecule has 3 N–H and O–H groups in total. The number of fused-ring (bicyclic) bond motifs is 1. The first-order valence-electron chi connectivity index (χ1n) is 8.86. The number of hydrogen-bond donors (Lipinski definition) is 3. The molecule has 2 amide bonds. The van der Waals surface area contributed by atoms with E-state index in [9.17, 15) is 19.8 Å². The van der Waals surface area contributed by atoms with Gasteiger partial charge in [0.15, 0.2) is 0 Å². The Morgan fingerprint density at radius 3 is 2.33 bits per heavy atom. The highest BCUT2D eigenvalue weighted by atomic mass is 79.9. The summed E-state index contributed by atoms with van der Waals surface area (Å²) in [6, 6.07) is 15.2. The molecule has 2 aromatic heterocycles. The molecule has 0 saturated carbocycles. The van der Waals surface area contributed by atoms with Gasteiger partial charge in [-0.05, 0) is 45.8 Å². The topological polar surface area (TPSA) is 120 Å². The van der Waals surface area contributed by atoms with Crippen LogP contribution >= 0.6 is 15.9 Å². The number of aromatic hydroxyl groups is 2. The zero-order valence-electron chi connectivity index (χ0n) is 15.4. The maximum Gasteiger partial charge on any atom is 0.311 e. The molecular formula is C21H15BrN4O4. The van der Waals surface area contributed by atoms with Crippen LogP contribution in [0.1, 0.15) is 26.4 Å². The number of nitrogens with zero attached hydrogens (tertiary/aromatic N) is 3. The first kappa shape index (κ1) is 19.6. The van der Waals surface area contributed by atoms with E-state index >= 15 is 0 Å². The van der Waals surface area contributed by atoms with Crippen molar-refractivity contribution in [3.05, 3.63) is 82.1 Å². The molecule has 4 aromatic rings. The summed E-state index contributed by atoms with van der Waals surface area (Å²) in [4.78, 5) is 27.0. The van der Waals surface area contributed by atoms with Crippen LogP contribution in [-0.4, -0.2) is 31.6 Å². The smallest absolute Gasteiger partial charge is 0.311 e. The number of nitrogens with one attached hydrogen (secondary N) is 1. The highest BCUT2D eigenvalue weighted by Crippen LogP contribution is 2.37. The zero-order valence-corrected chi connectivity index (χ0v) is 17.0. The Morgan fingerprint density at radius 1 is 0.933 bits per heavy atom. The summed E-state index contributed by atoms with van der Waals surface area (Å²) >= 11 is 3.21. The second-order valence-electron chi connectivity index (χ2n) is 6.52. The maximum atomic E-state index is 12.3. The largest absolute Gasteiger partial charge is 0.494 e. The number of rotatable bonds is 4. The lowest BCUT2D eigenvalue weighted by atomic mass is 10.1. The van der Waals surface area contributed by atoms with Crippen molar-refractivity contribution in [2.45, 2.75) is 6.54 Å². The van der Waals surface area contributed by atoms with Crippen LogP contribution < -0.4 is 0 Å². The number of carbonyl (C=O) groups is 2. The first-order chi connectivity index (χ1) is 14.4. The Kier molecular flexibility index (Phi) is 5.20. The van der Waals surface area contributed by atoms with Crippen LogP contribution in [0.5, 0.6) is 11.8 Å². The third kappa shape index (κ3) is 3.74. The van der Waals surface area contributed by atoms with Crippen LogP contribution in [0.3, 0.4) is 0 Å². The monoisotopic (exact) mass is 466 g/mol. The first-order valence-corrected chi connectivity index (χ1v) is 9.66. The van der Waals surface area contributed by atoms with Crippen molar-refractivity contribution in [2.24, 2.45) is 10.2 Å². The van der Waals surface area contributed by atoms with E-state index in [4.69, 9.17) is 0 Å². The zero-order chi connectivity index (χ0) is 21.3. The van der Waals surface area contributed by atoms with Crippen molar-refractivity contribution in [3.8, 4) is 11.8 Å². The number of hydrogen-bond acceptors (Lipinski definition) is 4. The molecule has 9 heteroatoms. The fraction of sp³-hybridized carbons (Fsp3) is 0.0476. The van der Waals surface area contributed by atoms with Gasteiger partial charge in [-0.3, -0.25) is 14.2 Å². The molecule has 2 aromatic carbocycles. The van der Waals surface area contributed by atoms with Gasteiger partial charge in [0.2, 0.25) is 11.8 Å². The Hall–Kier alpha value is -3.72. The van der Waals surface area contributed by atoms with Gasteiger partial charge < -0.3 is 15.2 Å². The molecule has 0 atom stereocenters. The van der Waals surface area contributed by atoms with E-state index in [0.717, 1.165) is 5.56 Å². The van der Waals surface area contributed by atoms with Crippen LogP contribution in [0.2, 0.25) is 0 Å². The van der Waals surface area contributed by atoms with E-state index in [1.54, 1.807) is 6.20 Å². The highest BCUT2D eigenvalue weighted by Gasteiger charge is 2.18. The SMILES string of the molecule is O=C(N=NC(=O)c1cc(Br)c[nH]1)c1ccc2c(O)n(Cc3ccccc3)c(O)c2c1. The van der Waals surface area contributed by atoms with Crippen LogP contribution in [0.4, 0.5) is 0 Å². The Morgan fingerprint density at radius 2 is 1.63 bits per heavy atom. The molecule has 150 valence electrons. The van der Waals surface area contributed by atoms with Crippen molar-refractivity contribution in [3.63, 3.8) is 0 Å². The fourth-order valence-corrected chi connectivity index (χ4v) is 3.40. The quantitative estimate of drug-likeness (QED) is 0.379. The van der Waals surface area contributed by atoms with Gasteiger partial charge in [-0.15, -0.1) is 10.2 Å². The molecule has 4 rings (SSSR count). The lowest BCUT2D eigenvalue weighted by Crippen LogP contribution is -1.98. The molecule has 0 unspecified atom stereocenters. The average molecular weight is 467 g/mol. The standard InChI is InChI=1S/C21H15BrN4O4/c22-14-9-17(23-10-14)19(28)25-24-18(27)13-6-7-15-16(8-13)21(30)26(20(15)29)11-12-4-2-1-3-5-12/h1-10,23,29-30H,11H2. The molecule has 0 spiro atoms. The van der Waals surface area contributed by atoms with Crippen molar-refractivity contribution in [2.75, 3.05) is 0 Å². The van der Waals surface area contributed by atoms with Gasteiger partial charge in [0.1, 0.15) is 5.69 Å². The van der Waals surface area contributed by atoms with Gasteiger partial charge in [0.25, 0.3) is 5.91 Å². The second-order valence-corrected chi connectivity index (χ2v) is 7.44. The fourth-order valence-electron chi connectivity index (χ4n) is 3.06. The van der Waals surface area contributed by atoms with Crippen LogP contribution in [0.15, 0.2) is 75.5 Å². The Bertz CT molecular complexity index is 1290. The number of amides is 2. The molecule has 0 aliphatic heterocycles. The van der Waals surface area contributed by atoms with Crippen molar-refractivity contribution < 1.29 is 19.8 Å². The summed E-state index contributed by atoms with van der Waals surface area (Å²) < 4.78 is 2.02. The summed E-state index contributed by atoms with van der Waals surface area (Å²) in [6.07, 6.45) is 1.56. The molecule has 0 aliphatic carbocycles. The predicted octanol–water partition coefficient (Wildman–Crippen LogP) is 4.62. The van der Waals surface area contributed by atoms with Gasteiger partial charge >= 0.3 is 5.91 Å². The van der Waals surface area contributed by atoms with Gasteiger partial charge in [0, 0.05) is 27.0 Å². The van der Waals surface area contributed by atoms with Gasteiger partial charge in [-0.25, -0.2) is 0 Å². The van der Waals surface area contributed by atoms with Crippen LogP contribution in [-0.2, 0) is 6.54 Å². The van der Waals surface area contributed by atoms with E-state index < -0.39 is 11.8 Å². The number of H-pyrrole nitrogens is 1. The Labute approximate surface area is 178 Å². The summed E-state index contributed by atoms with van der Waals surface area (Å²) in [7, 11) is 0. The minimum Gasteiger partial charge on any atom is -0.494 e. The molecule has 0 bridgehead atoms. The summed E-state index contributed by atoms with van der Waals surface area (Å²) in [6.45, 7) is 0.260. The number of carbonyl (C=O) groups excluding carboxylic acids is 2. The lowest BCUT2D eigenvalue weighted by molar-refractivity contribution is 0.0944. The van der Waals surface area contributed by atoms with E-state index in [2.05, 4.69) is 31.1 Å². The average Bonchev–Trinajstić information content (AvgIpc) is 3.29. The van der Waals surface area contributed by atoms with E-state index in [0.29, 0.717) is 15.2 Å². The third-order valence-electron chi connectivity index (χ3n) is 4.55. The normalized spacial score (nSPS) is 11.4. The number of aromatic amines is 1. The van der Waals surface area contributed by atoms with Crippen molar-refractivity contribution in [1.29, 1.82) is 0 Å². The molecular weight excluding hydrogens is 452 g/mol. The molecule has 0 aliphatic rings. The number of aromatic nitrogens is 2. The second kappa shape index (κ2) is 7.96. The number of halogens is 1. The highest BCUT2D eigenvalue weighted by molar-refractivity contribution is 9.10. The summed E-state index contributed by atoms with van der Waals surface area (Å²) in [5, 5.41) is 28.7. The molecule has 8 nitrogen and oxygen atoms in total. The summed E-state index contributed by atoms with van der Waals surface area (Å²) in [5.74, 6) is -1.72. The maximum absolute atomic E-state index is 12.3. The molecule has 30 heavy (non-hydrogen) atoms. The summed E-state index contributed by atoms with van der Waals surface area (Å²) in [5.41, 5.74) is 1.20. The van der Waals surface area contributed by atoms with Crippen LogP contribution in [0, 0.1) is 0 Å². The minimum atomic E-state index is -0.745. The van der Waals surface area contributed by atoms with Crippen molar-refractivity contribution in [1.82, 2.24) is 9.55 Å². The number of benzene rings is 2. The van der Waals surface area contributed by atoms with E-state index in [-0.39, 0.29) is 29.6 Å². The Balaban J connectivity index is 1.61. The molecule has 2 heterocycles. The lowest BCUT2D eigenvalue weighted by Gasteiger charge is -2.06. The van der Waals surface area contributed by atoms with Gasteiger partial charge in [-0.1, -0.05) is 30.3 Å². The third-order valence-corrected chi connectivity index (χ3v) is 5.01.